The number of carbonyl (C=O) groups excluding carboxylic acids is 1. The predicted octanol–water partition coefficient (Wildman–Crippen LogP) is 3.16. The van der Waals surface area contributed by atoms with E-state index in [2.05, 4.69) is 30.7 Å². The number of hydrogen-bond acceptors (Lipinski definition) is 8. The average molecular weight is 396 g/mol. The largest absolute Gasteiger partial charge is 0.497 e. The van der Waals surface area contributed by atoms with Crippen LogP contribution in [0.4, 0.5) is 5.95 Å². The van der Waals surface area contributed by atoms with Crippen LogP contribution in [-0.2, 0) is 11.2 Å². The molecule has 28 heavy (non-hydrogen) atoms. The minimum Gasteiger partial charge on any atom is -0.497 e. The van der Waals surface area contributed by atoms with E-state index in [1.807, 2.05) is 41.1 Å². The molecule has 0 unspecified atom stereocenters. The normalized spacial score (nSPS) is 10.8. The molecule has 1 aromatic carbocycles. The van der Waals surface area contributed by atoms with Crippen LogP contribution in [0.3, 0.4) is 0 Å². The van der Waals surface area contributed by atoms with Crippen molar-refractivity contribution in [1.29, 1.82) is 0 Å². The summed E-state index contributed by atoms with van der Waals surface area (Å²) >= 11 is 1.55. The van der Waals surface area contributed by atoms with E-state index in [0.29, 0.717) is 24.0 Å². The zero-order chi connectivity index (χ0) is 19.3. The third-order valence-corrected chi connectivity index (χ3v) is 4.58. The predicted molar refractivity (Wildman–Crippen MR) is 103 cm³/mol. The molecule has 0 aliphatic carbocycles. The Hall–Kier alpha value is -3.53. The number of carbonyl (C=O) groups is 1. The van der Waals surface area contributed by atoms with Gasteiger partial charge in [0.1, 0.15) is 5.75 Å². The number of aromatic amines is 1. The molecule has 3 aromatic heterocycles. The van der Waals surface area contributed by atoms with Crippen molar-refractivity contribution in [3.05, 3.63) is 47.0 Å². The molecule has 10 heteroatoms. The number of ether oxygens (including phenoxy) is 1. The van der Waals surface area contributed by atoms with E-state index >= 15 is 0 Å². The number of H-pyrrole nitrogens is 1. The topological polar surface area (TPSA) is 119 Å². The van der Waals surface area contributed by atoms with E-state index in [9.17, 15) is 4.79 Å². The molecule has 4 aromatic rings. The van der Waals surface area contributed by atoms with Gasteiger partial charge >= 0.3 is 0 Å². The molecule has 0 aliphatic heterocycles. The SMILES string of the molecule is COc1ccc(-c2nc(NC(=O)CCc3nnc(-c4ccsc4)o3)n[nH]2)cc1. The van der Waals surface area contributed by atoms with Crippen molar-refractivity contribution in [2.75, 3.05) is 12.4 Å². The highest BCUT2D eigenvalue weighted by Gasteiger charge is 2.13. The Balaban J connectivity index is 1.32. The third-order valence-electron chi connectivity index (χ3n) is 3.90. The van der Waals surface area contributed by atoms with E-state index in [4.69, 9.17) is 9.15 Å². The molecule has 2 N–H and O–H groups in total. The molecular formula is C18H16N6O3S. The lowest BCUT2D eigenvalue weighted by atomic mass is 10.2. The maximum Gasteiger partial charge on any atom is 0.249 e. The first-order valence-corrected chi connectivity index (χ1v) is 9.37. The molecule has 0 bridgehead atoms. The zero-order valence-electron chi connectivity index (χ0n) is 14.9. The molecule has 3 heterocycles. The monoisotopic (exact) mass is 396 g/mol. The number of aromatic nitrogens is 5. The van der Waals surface area contributed by atoms with Crippen LogP contribution in [0, 0.1) is 0 Å². The summed E-state index contributed by atoms with van der Waals surface area (Å²) in [6, 6.07) is 9.26. The van der Waals surface area contributed by atoms with Gasteiger partial charge in [-0.15, -0.1) is 15.3 Å². The number of methoxy groups -OCH3 is 1. The Kier molecular flexibility index (Phi) is 5.11. The van der Waals surface area contributed by atoms with E-state index in [1.54, 1.807) is 18.4 Å². The van der Waals surface area contributed by atoms with Gasteiger partial charge in [0.05, 0.1) is 7.11 Å². The summed E-state index contributed by atoms with van der Waals surface area (Å²) in [4.78, 5) is 16.4. The maximum absolute atomic E-state index is 12.1. The number of nitrogens with zero attached hydrogens (tertiary/aromatic N) is 4. The fraction of sp³-hybridized carbons (Fsp3) is 0.167. The van der Waals surface area contributed by atoms with Gasteiger partial charge in [0, 0.05) is 29.3 Å². The Morgan fingerprint density at radius 1 is 1.21 bits per heavy atom. The first-order chi connectivity index (χ1) is 13.7. The van der Waals surface area contributed by atoms with Crippen LogP contribution in [0.5, 0.6) is 5.75 Å². The number of thiophene rings is 1. The number of anilines is 1. The Labute approximate surface area is 163 Å². The fourth-order valence-electron chi connectivity index (χ4n) is 2.46. The lowest BCUT2D eigenvalue weighted by molar-refractivity contribution is -0.116. The molecule has 9 nitrogen and oxygen atoms in total. The van der Waals surface area contributed by atoms with E-state index in [1.165, 1.54) is 0 Å². The first-order valence-electron chi connectivity index (χ1n) is 8.43. The molecule has 4 rings (SSSR count). The number of amides is 1. The summed E-state index contributed by atoms with van der Waals surface area (Å²) in [7, 11) is 1.61. The van der Waals surface area contributed by atoms with Crippen molar-refractivity contribution in [3.63, 3.8) is 0 Å². The summed E-state index contributed by atoms with van der Waals surface area (Å²) < 4.78 is 10.7. The number of aryl methyl sites for hydroxylation is 1. The van der Waals surface area contributed by atoms with E-state index in [-0.39, 0.29) is 18.3 Å². The van der Waals surface area contributed by atoms with Crippen LogP contribution in [-0.4, -0.2) is 38.4 Å². The third kappa shape index (κ3) is 4.07. The van der Waals surface area contributed by atoms with Gasteiger partial charge in [-0.25, -0.2) is 0 Å². The molecule has 142 valence electrons. The van der Waals surface area contributed by atoms with Crippen LogP contribution in [0.2, 0.25) is 0 Å². The van der Waals surface area contributed by atoms with Gasteiger partial charge in [0.2, 0.25) is 23.6 Å². The second-order valence-electron chi connectivity index (χ2n) is 5.80. The number of hydrogen-bond donors (Lipinski definition) is 2. The summed E-state index contributed by atoms with van der Waals surface area (Å²) in [5.74, 6) is 2.13. The van der Waals surface area contributed by atoms with Crippen molar-refractivity contribution < 1.29 is 13.9 Å². The first kappa shape index (κ1) is 17.9. The number of rotatable bonds is 7. The summed E-state index contributed by atoms with van der Waals surface area (Å²) in [6.07, 6.45) is 0.510. The van der Waals surface area contributed by atoms with Crippen LogP contribution in [0.1, 0.15) is 12.3 Å². The molecule has 0 saturated heterocycles. The maximum atomic E-state index is 12.1. The van der Waals surface area contributed by atoms with Crippen LogP contribution in [0.15, 0.2) is 45.5 Å². The molecule has 0 atom stereocenters. The lowest BCUT2D eigenvalue weighted by Gasteiger charge is -2.00. The Bertz CT molecular complexity index is 1060. The number of nitrogens with one attached hydrogen (secondary N) is 2. The van der Waals surface area contributed by atoms with Crippen LogP contribution >= 0.6 is 11.3 Å². The van der Waals surface area contributed by atoms with Crippen LogP contribution in [0.25, 0.3) is 22.8 Å². The van der Waals surface area contributed by atoms with E-state index < -0.39 is 0 Å². The summed E-state index contributed by atoms with van der Waals surface area (Å²) in [5.41, 5.74) is 1.71. The van der Waals surface area contributed by atoms with Crippen molar-refractivity contribution in [1.82, 2.24) is 25.4 Å². The minimum absolute atomic E-state index is 0.178. The molecule has 0 saturated carbocycles. The van der Waals surface area contributed by atoms with Crippen molar-refractivity contribution in [2.24, 2.45) is 0 Å². The number of benzene rings is 1. The molecular weight excluding hydrogens is 380 g/mol. The van der Waals surface area contributed by atoms with Crippen molar-refractivity contribution in [2.45, 2.75) is 12.8 Å². The van der Waals surface area contributed by atoms with Crippen molar-refractivity contribution >= 4 is 23.2 Å². The Morgan fingerprint density at radius 3 is 2.82 bits per heavy atom. The summed E-state index contributed by atoms with van der Waals surface area (Å²) in [6.45, 7) is 0. The summed E-state index contributed by atoms with van der Waals surface area (Å²) in [5, 5.41) is 21.3. The molecule has 0 aliphatic rings. The van der Waals surface area contributed by atoms with Crippen LogP contribution < -0.4 is 10.1 Å². The van der Waals surface area contributed by atoms with Gasteiger partial charge < -0.3 is 9.15 Å². The van der Waals surface area contributed by atoms with Gasteiger partial charge in [-0.1, -0.05) is 0 Å². The highest BCUT2D eigenvalue weighted by atomic mass is 32.1. The van der Waals surface area contributed by atoms with Gasteiger partial charge in [0.15, 0.2) is 5.82 Å². The smallest absolute Gasteiger partial charge is 0.249 e. The molecule has 1 amide bonds. The fourth-order valence-corrected chi connectivity index (χ4v) is 3.09. The molecule has 0 fully saturated rings. The highest BCUT2D eigenvalue weighted by Crippen LogP contribution is 2.21. The second kappa shape index (κ2) is 8.01. The lowest BCUT2D eigenvalue weighted by Crippen LogP contribution is -2.13. The second-order valence-corrected chi connectivity index (χ2v) is 6.58. The van der Waals surface area contributed by atoms with Gasteiger partial charge in [0.25, 0.3) is 0 Å². The van der Waals surface area contributed by atoms with Gasteiger partial charge in [-0.05, 0) is 35.7 Å². The Morgan fingerprint density at radius 2 is 2.07 bits per heavy atom. The standard InChI is InChI=1S/C18H16N6O3S/c1-26-13-4-2-11(3-5-13)16-20-18(24-22-16)19-14(25)6-7-15-21-23-17(27-15)12-8-9-28-10-12/h2-5,8-10H,6-7H2,1H3,(H2,19,20,22,24,25). The minimum atomic E-state index is -0.240. The van der Waals surface area contributed by atoms with Gasteiger partial charge in [-0.3, -0.25) is 15.2 Å². The molecule has 0 spiro atoms. The highest BCUT2D eigenvalue weighted by molar-refractivity contribution is 7.08. The van der Waals surface area contributed by atoms with Gasteiger partial charge in [-0.2, -0.15) is 16.3 Å². The quantitative estimate of drug-likeness (QED) is 0.492. The zero-order valence-corrected chi connectivity index (χ0v) is 15.7. The average Bonchev–Trinajstić information content (AvgIpc) is 3.47. The van der Waals surface area contributed by atoms with E-state index in [0.717, 1.165) is 16.9 Å². The molecule has 0 radical (unpaired) electrons. The van der Waals surface area contributed by atoms with Crippen molar-refractivity contribution in [3.8, 4) is 28.6 Å².